The van der Waals surface area contributed by atoms with Crippen LogP contribution in [-0.4, -0.2) is 101 Å². The number of ether oxygens (including phenoxy) is 3. The van der Waals surface area contributed by atoms with E-state index in [1.165, 1.54) is 7.11 Å². The summed E-state index contributed by atoms with van der Waals surface area (Å²) in [5.74, 6) is -1.16. The van der Waals surface area contributed by atoms with Gasteiger partial charge in [-0.25, -0.2) is 13.1 Å². The number of nitrogens with two attached hydrogens (primary N) is 1. The van der Waals surface area contributed by atoms with Crippen molar-refractivity contribution < 1.29 is 37.3 Å². The van der Waals surface area contributed by atoms with Crippen LogP contribution in [0.1, 0.15) is 37.7 Å². The predicted octanol–water partition coefficient (Wildman–Crippen LogP) is 0.419. The summed E-state index contributed by atoms with van der Waals surface area (Å²) in [7, 11) is -1.96. The molecule has 0 spiro atoms. The van der Waals surface area contributed by atoms with E-state index in [-0.39, 0.29) is 32.2 Å². The van der Waals surface area contributed by atoms with Gasteiger partial charge in [-0.1, -0.05) is 13.3 Å². The molecule has 2 aliphatic heterocycles. The Labute approximate surface area is 218 Å². The monoisotopic (exact) mass is 542 g/mol. The summed E-state index contributed by atoms with van der Waals surface area (Å²) in [5, 5.41) is 10.3. The summed E-state index contributed by atoms with van der Waals surface area (Å²) in [5.41, 5.74) is 6.42. The van der Waals surface area contributed by atoms with Crippen molar-refractivity contribution in [3.8, 4) is 17.2 Å². The Bertz CT molecular complexity index is 1070. The lowest BCUT2D eigenvalue weighted by molar-refractivity contribution is -0.143. The van der Waals surface area contributed by atoms with Crippen LogP contribution in [-0.2, 0) is 19.6 Å². The third kappa shape index (κ3) is 7.24. The Hall–Kier alpha value is -2.61. The number of fused-ring (bicyclic) bond motifs is 1. The SMILES string of the molecule is CCCCN(CCN)C(=O)CN1CC(c2cc(OC)c3c(c2)OCO3)C(C(=O)O)C1CCNS(C)(=O)=O. The molecular weight excluding hydrogens is 504 g/mol. The van der Waals surface area contributed by atoms with Crippen LogP contribution in [0.2, 0.25) is 0 Å². The van der Waals surface area contributed by atoms with Gasteiger partial charge in [-0.2, -0.15) is 0 Å². The molecule has 4 N–H and O–H groups in total. The molecule has 1 amide bonds. The fourth-order valence-corrected chi connectivity index (χ4v) is 5.57. The van der Waals surface area contributed by atoms with E-state index in [4.69, 9.17) is 19.9 Å². The van der Waals surface area contributed by atoms with E-state index in [1.807, 2.05) is 11.8 Å². The van der Waals surface area contributed by atoms with Gasteiger partial charge in [0.1, 0.15) is 0 Å². The Balaban J connectivity index is 1.92. The van der Waals surface area contributed by atoms with Crippen LogP contribution in [0.25, 0.3) is 0 Å². The molecule has 3 unspecified atom stereocenters. The van der Waals surface area contributed by atoms with Crippen molar-refractivity contribution in [1.29, 1.82) is 0 Å². The number of likely N-dealkylation sites (tertiary alicyclic amines) is 1. The number of carbonyl (C=O) groups is 2. The molecule has 1 aromatic carbocycles. The maximum atomic E-state index is 13.3. The summed E-state index contributed by atoms with van der Waals surface area (Å²) < 4.78 is 42.2. The van der Waals surface area contributed by atoms with Crippen molar-refractivity contribution in [3.05, 3.63) is 17.7 Å². The Morgan fingerprint density at radius 2 is 2.05 bits per heavy atom. The smallest absolute Gasteiger partial charge is 0.308 e. The van der Waals surface area contributed by atoms with Crippen LogP contribution in [0.5, 0.6) is 17.2 Å². The number of carbonyl (C=O) groups excluding carboxylic acids is 1. The van der Waals surface area contributed by atoms with E-state index in [2.05, 4.69) is 4.72 Å². The van der Waals surface area contributed by atoms with Crippen molar-refractivity contribution in [2.45, 2.75) is 38.1 Å². The standard InChI is InChI=1S/C24H38N4O8S/c1-4-5-9-27(10-7-25)21(29)14-28-13-17(16-11-19(34-2)23-20(12-16)35-15-36-23)22(24(30)31)18(28)6-8-26-37(3,32)33/h11-12,17-18,22,26H,4-10,13-15,25H2,1-3H3,(H,30,31). The molecule has 2 aliphatic rings. The molecule has 0 bridgehead atoms. The number of unbranched alkanes of at least 4 members (excludes halogenated alkanes) is 1. The molecule has 0 aromatic heterocycles. The van der Waals surface area contributed by atoms with Gasteiger partial charge >= 0.3 is 5.97 Å². The average molecular weight is 543 g/mol. The molecule has 37 heavy (non-hydrogen) atoms. The summed E-state index contributed by atoms with van der Waals surface area (Å²) in [6.07, 6.45) is 3.04. The van der Waals surface area contributed by atoms with Gasteiger partial charge < -0.3 is 30.0 Å². The van der Waals surface area contributed by atoms with Gasteiger partial charge in [-0.05, 0) is 30.5 Å². The zero-order chi connectivity index (χ0) is 27.2. The quantitative estimate of drug-likeness (QED) is 0.300. The van der Waals surface area contributed by atoms with Gasteiger partial charge in [-0.15, -0.1) is 0 Å². The number of carboxylic acids is 1. The topological polar surface area (TPSA) is 161 Å². The number of hydrogen-bond donors (Lipinski definition) is 3. The van der Waals surface area contributed by atoms with E-state index >= 15 is 0 Å². The molecular formula is C24H38N4O8S. The number of sulfonamides is 1. The fraction of sp³-hybridized carbons (Fsp3) is 0.667. The lowest BCUT2D eigenvalue weighted by Crippen LogP contribution is -2.46. The zero-order valence-electron chi connectivity index (χ0n) is 21.6. The molecule has 0 radical (unpaired) electrons. The average Bonchev–Trinajstić information content (AvgIpc) is 3.45. The second-order valence-electron chi connectivity index (χ2n) is 9.40. The highest BCUT2D eigenvalue weighted by molar-refractivity contribution is 7.88. The van der Waals surface area contributed by atoms with Crippen LogP contribution in [0.15, 0.2) is 12.1 Å². The molecule has 1 aromatic rings. The molecule has 0 aliphatic carbocycles. The van der Waals surface area contributed by atoms with Crippen molar-refractivity contribution in [2.75, 3.05) is 59.4 Å². The van der Waals surface area contributed by atoms with Gasteiger partial charge in [0, 0.05) is 44.7 Å². The molecule has 0 saturated carbocycles. The van der Waals surface area contributed by atoms with Crippen molar-refractivity contribution in [2.24, 2.45) is 11.7 Å². The first-order valence-electron chi connectivity index (χ1n) is 12.5. The Morgan fingerprint density at radius 3 is 2.68 bits per heavy atom. The minimum Gasteiger partial charge on any atom is -0.493 e. The van der Waals surface area contributed by atoms with Gasteiger partial charge in [0.25, 0.3) is 0 Å². The first-order chi connectivity index (χ1) is 17.6. The first-order valence-corrected chi connectivity index (χ1v) is 14.4. The highest BCUT2D eigenvalue weighted by Crippen LogP contribution is 2.47. The molecule has 12 nitrogen and oxygen atoms in total. The maximum absolute atomic E-state index is 13.3. The molecule has 13 heteroatoms. The van der Waals surface area contributed by atoms with Crippen LogP contribution in [0, 0.1) is 5.92 Å². The number of hydrogen-bond acceptors (Lipinski definition) is 9. The molecule has 1 fully saturated rings. The summed E-state index contributed by atoms with van der Waals surface area (Å²) in [6, 6.07) is 2.92. The number of amides is 1. The molecule has 3 rings (SSSR count). The minimum absolute atomic E-state index is 0.00915. The number of carboxylic acid groups (broad SMARTS) is 1. The number of benzene rings is 1. The fourth-order valence-electron chi connectivity index (χ4n) is 5.09. The van der Waals surface area contributed by atoms with E-state index in [0.717, 1.165) is 19.1 Å². The molecule has 2 heterocycles. The minimum atomic E-state index is -3.46. The van der Waals surface area contributed by atoms with Gasteiger partial charge in [-0.3, -0.25) is 14.5 Å². The van der Waals surface area contributed by atoms with Crippen molar-refractivity contribution in [3.63, 3.8) is 0 Å². The Kier molecular flexibility index (Phi) is 9.99. The number of nitrogens with zero attached hydrogens (tertiary/aromatic N) is 2. The van der Waals surface area contributed by atoms with Crippen LogP contribution >= 0.6 is 0 Å². The van der Waals surface area contributed by atoms with E-state index in [9.17, 15) is 23.1 Å². The van der Waals surface area contributed by atoms with Crippen molar-refractivity contribution in [1.82, 2.24) is 14.5 Å². The summed E-state index contributed by atoms with van der Waals surface area (Å²) in [4.78, 5) is 29.4. The highest BCUT2D eigenvalue weighted by atomic mass is 32.2. The van der Waals surface area contributed by atoms with Crippen molar-refractivity contribution >= 4 is 21.9 Å². The predicted molar refractivity (Wildman–Crippen MR) is 136 cm³/mol. The highest BCUT2D eigenvalue weighted by Gasteiger charge is 2.47. The Morgan fingerprint density at radius 1 is 1.30 bits per heavy atom. The summed E-state index contributed by atoms with van der Waals surface area (Å²) >= 11 is 0. The van der Waals surface area contributed by atoms with Crippen LogP contribution < -0.4 is 24.7 Å². The maximum Gasteiger partial charge on any atom is 0.308 e. The molecule has 1 saturated heterocycles. The van der Waals surface area contributed by atoms with Gasteiger partial charge in [0.15, 0.2) is 11.5 Å². The molecule has 3 atom stereocenters. The third-order valence-electron chi connectivity index (χ3n) is 6.82. The number of aliphatic carboxylic acids is 1. The largest absolute Gasteiger partial charge is 0.493 e. The van der Waals surface area contributed by atoms with Crippen LogP contribution in [0.4, 0.5) is 0 Å². The number of rotatable bonds is 14. The van der Waals surface area contributed by atoms with E-state index < -0.39 is 33.9 Å². The van der Waals surface area contributed by atoms with Gasteiger partial charge in [0.05, 0.1) is 25.8 Å². The lowest BCUT2D eigenvalue weighted by Gasteiger charge is -2.29. The third-order valence-corrected chi connectivity index (χ3v) is 7.55. The second kappa shape index (κ2) is 12.8. The number of nitrogens with one attached hydrogen (secondary N) is 1. The zero-order valence-corrected chi connectivity index (χ0v) is 22.5. The number of methoxy groups -OCH3 is 1. The van der Waals surface area contributed by atoms with E-state index in [0.29, 0.717) is 49.0 Å². The first kappa shape index (κ1) is 29.0. The van der Waals surface area contributed by atoms with Crippen LogP contribution in [0.3, 0.4) is 0 Å². The second-order valence-corrected chi connectivity index (χ2v) is 11.2. The van der Waals surface area contributed by atoms with Gasteiger partial charge in [0.2, 0.25) is 28.5 Å². The summed E-state index contributed by atoms with van der Waals surface area (Å²) in [6.45, 7) is 3.75. The molecule has 208 valence electrons. The lowest BCUT2D eigenvalue weighted by atomic mass is 9.84. The normalized spacial score (nSPS) is 21.2. The van der Waals surface area contributed by atoms with E-state index in [1.54, 1.807) is 17.0 Å².